The molecule has 2 aliphatic heterocycles. The molecule has 0 radical (unpaired) electrons. The van der Waals surface area contributed by atoms with Crippen LogP contribution in [0.2, 0.25) is 0 Å². The Morgan fingerprint density at radius 3 is 2.89 bits per heavy atom. The molecule has 0 saturated carbocycles. The van der Waals surface area contributed by atoms with Crippen molar-refractivity contribution in [2.24, 2.45) is 0 Å². The fourth-order valence-corrected chi connectivity index (χ4v) is 3.79. The third kappa shape index (κ3) is 4.09. The molecule has 7 nitrogen and oxygen atoms in total. The number of amides is 1. The number of aromatic nitrogens is 1. The first kappa shape index (κ1) is 18.3. The zero-order valence-corrected chi connectivity index (χ0v) is 16.1. The highest BCUT2D eigenvalue weighted by Gasteiger charge is 2.28. The first-order valence-electron chi connectivity index (χ1n) is 9.85. The minimum Gasteiger partial charge on any atom is -0.423 e. The summed E-state index contributed by atoms with van der Waals surface area (Å²) in [6.45, 7) is 8.68. The molecule has 1 N–H and O–H groups in total. The Kier molecular flexibility index (Phi) is 5.31. The first-order valence-corrected chi connectivity index (χ1v) is 9.85. The quantitative estimate of drug-likeness (QED) is 0.865. The topological polar surface area (TPSA) is 70.8 Å². The maximum atomic E-state index is 12.4. The highest BCUT2D eigenvalue weighted by atomic mass is 16.5. The van der Waals surface area contributed by atoms with E-state index in [9.17, 15) is 4.79 Å². The van der Waals surface area contributed by atoms with Gasteiger partial charge in [-0.2, -0.15) is 4.98 Å². The lowest BCUT2D eigenvalue weighted by Crippen LogP contribution is -2.54. The Balaban J connectivity index is 1.30. The molecule has 1 amide bonds. The van der Waals surface area contributed by atoms with Gasteiger partial charge in [0.15, 0.2) is 5.58 Å². The van der Waals surface area contributed by atoms with Crippen molar-refractivity contribution in [2.75, 3.05) is 44.2 Å². The number of nitrogens with one attached hydrogen (secondary N) is 1. The van der Waals surface area contributed by atoms with Crippen LogP contribution in [0.15, 0.2) is 22.6 Å². The summed E-state index contributed by atoms with van der Waals surface area (Å²) in [6.07, 6.45) is 2.31. The van der Waals surface area contributed by atoms with E-state index in [1.807, 2.05) is 25.1 Å². The van der Waals surface area contributed by atoms with Crippen LogP contribution in [-0.4, -0.2) is 67.3 Å². The van der Waals surface area contributed by atoms with E-state index in [0.29, 0.717) is 12.6 Å². The lowest BCUT2D eigenvalue weighted by molar-refractivity contribution is -0.126. The third-order valence-electron chi connectivity index (χ3n) is 5.57. The average molecular weight is 372 g/mol. The van der Waals surface area contributed by atoms with Gasteiger partial charge < -0.3 is 19.4 Å². The first-order chi connectivity index (χ1) is 13.1. The fourth-order valence-electron chi connectivity index (χ4n) is 3.79. The summed E-state index contributed by atoms with van der Waals surface area (Å²) >= 11 is 0. The number of hydrogen-bond acceptors (Lipinski definition) is 6. The van der Waals surface area contributed by atoms with Crippen molar-refractivity contribution >= 4 is 23.0 Å². The molecule has 2 aliphatic rings. The molecule has 1 aromatic carbocycles. The van der Waals surface area contributed by atoms with Crippen molar-refractivity contribution in [2.45, 2.75) is 38.8 Å². The zero-order valence-electron chi connectivity index (χ0n) is 16.1. The molecule has 1 aromatic heterocycles. The number of piperazine rings is 1. The van der Waals surface area contributed by atoms with Gasteiger partial charge in [-0.1, -0.05) is 6.07 Å². The lowest BCUT2D eigenvalue weighted by Gasteiger charge is -2.36. The molecular formula is C20H28N4O3. The summed E-state index contributed by atoms with van der Waals surface area (Å²) in [6, 6.07) is 6.58. The Hall–Kier alpha value is -2.12. The average Bonchev–Trinajstić information content (AvgIpc) is 3.35. The number of carbonyl (C=O) groups excluding carboxylic acids is 1. The van der Waals surface area contributed by atoms with E-state index in [-0.39, 0.29) is 18.1 Å². The summed E-state index contributed by atoms with van der Waals surface area (Å²) < 4.78 is 11.5. The number of carbonyl (C=O) groups is 1. The van der Waals surface area contributed by atoms with Gasteiger partial charge in [0, 0.05) is 39.3 Å². The standard InChI is InChI=1S/C20H28N4O3/c1-14-5-6-18-17(12-14)22-20(27-18)24-9-7-23(8-10-24)15(2)19(25)21-13-16-4-3-11-26-16/h5-6,12,15-16H,3-4,7-11,13H2,1-2H3,(H,21,25). The van der Waals surface area contributed by atoms with Crippen molar-refractivity contribution in [1.29, 1.82) is 0 Å². The Labute approximate surface area is 159 Å². The van der Waals surface area contributed by atoms with Crippen LogP contribution in [0, 0.1) is 6.92 Å². The van der Waals surface area contributed by atoms with Gasteiger partial charge in [0.2, 0.25) is 5.91 Å². The maximum absolute atomic E-state index is 12.4. The number of oxazole rings is 1. The molecule has 7 heteroatoms. The van der Waals surface area contributed by atoms with Gasteiger partial charge >= 0.3 is 0 Å². The van der Waals surface area contributed by atoms with Crippen molar-refractivity contribution in [3.63, 3.8) is 0 Å². The minimum atomic E-state index is -0.139. The largest absolute Gasteiger partial charge is 0.423 e. The molecule has 2 fully saturated rings. The van der Waals surface area contributed by atoms with Crippen LogP contribution in [0.25, 0.3) is 11.1 Å². The normalized spacial score (nSPS) is 22.3. The SMILES string of the molecule is Cc1ccc2oc(N3CCN(C(C)C(=O)NCC4CCCO4)CC3)nc2c1. The van der Waals surface area contributed by atoms with Crippen LogP contribution in [0.3, 0.4) is 0 Å². The van der Waals surface area contributed by atoms with Crippen molar-refractivity contribution < 1.29 is 13.9 Å². The summed E-state index contributed by atoms with van der Waals surface area (Å²) in [7, 11) is 0. The van der Waals surface area contributed by atoms with Crippen molar-refractivity contribution in [3.05, 3.63) is 23.8 Å². The van der Waals surface area contributed by atoms with Gasteiger partial charge in [0.1, 0.15) is 5.52 Å². The van der Waals surface area contributed by atoms with E-state index in [1.54, 1.807) is 0 Å². The maximum Gasteiger partial charge on any atom is 0.298 e. The second-order valence-corrected chi connectivity index (χ2v) is 7.55. The third-order valence-corrected chi connectivity index (χ3v) is 5.57. The van der Waals surface area contributed by atoms with E-state index in [0.717, 1.165) is 56.7 Å². The van der Waals surface area contributed by atoms with Crippen LogP contribution >= 0.6 is 0 Å². The number of fused-ring (bicyclic) bond motifs is 1. The van der Waals surface area contributed by atoms with Crippen LogP contribution in [-0.2, 0) is 9.53 Å². The van der Waals surface area contributed by atoms with Gasteiger partial charge in [-0.05, 0) is 44.4 Å². The van der Waals surface area contributed by atoms with Gasteiger partial charge in [-0.15, -0.1) is 0 Å². The van der Waals surface area contributed by atoms with Crippen LogP contribution in [0.4, 0.5) is 6.01 Å². The molecule has 0 bridgehead atoms. The molecule has 0 aliphatic carbocycles. The van der Waals surface area contributed by atoms with Gasteiger partial charge in [-0.25, -0.2) is 0 Å². The molecule has 4 rings (SSSR count). The molecule has 2 atom stereocenters. The summed E-state index contributed by atoms with van der Waals surface area (Å²) in [4.78, 5) is 21.4. The Bertz CT molecular complexity index is 792. The number of benzene rings is 1. The number of hydrogen-bond donors (Lipinski definition) is 1. The number of rotatable bonds is 5. The minimum absolute atomic E-state index is 0.0799. The fraction of sp³-hybridized carbons (Fsp3) is 0.600. The molecule has 2 unspecified atom stereocenters. The molecule has 0 spiro atoms. The molecular weight excluding hydrogens is 344 g/mol. The van der Waals surface area contributed by atoms with E-state index >= 15 is 0 Å². The van der Waals surface area contributed by atoms with Crippen LogP contribution in [0.5, 0.6) is 0 Å². The van der Waals surface area contributed by atoms with Crippen molar-refractivity contribution in [1.82, 2.24) is 15.2 Å². The molecule has 146 valence electrons. The molecule has 2 saturated heterocycles. The zero-order chi connectivity index (χ0) is 18.8. The van der Waals surface area contributed by atoms with Crippen LogP contribution in [0.1, 0.15) is 25.3 Å². The predicted molar refractivity (Wildman–Crippen MR) is 104 cm³/mol. The smallest absolute Gasteiger partial charge is 0.298 e. The van der Waals surface area contributed by atoms with E-state index in [1.165, 1.54) is 5.56 Å². The molecule has 27 heavy (non-hydrogen) atoms. The number of ether oxygens (including phenoxy) is 1. The van der Waals surface area contributed by atoms with Crippen molar-refractivity contribution in [3.8, 4) is 0 Å². The second kappa shape index (κ2) is 7.86. The van der Waals surface area contributed by atoms with Crippen LogP contribution < -0.4 is 10.2 Å². The van der Waals surface area contributed by atoms with E-state index in [2.05, 4.69) is 27.0 Å². The van der Waals surface area contributed by atoms with E-state index in [4.69, 9.17) is 9.15 Å². The lowest BCUT2D eigenvalue weighted by atomic mass is 10.2. The monoisotopic (exact) mass is 372 g/mol. The molecule has 3 heterocycles. The molecule has 2 aromatic rings. The Morgan fingerprint density at radius 1 is 1.33 bits per heavy atom. The van der Waals surface area contributed by atoms with Gasteiger partial charge in [0.25, 0.3) is 6.01 Å². The van der Waals surface area contributed by atoms with Gasteiger partial charge in [-0.3, -0.25) is 9.69 Å². The number of aryl methyl sites for hydroxylation is 1. The number of nitrogens with zero attached hydrogens (tertiary/aromatic N) is 3. The highest BCUT2D eigenvalue weighted by molar-refractivity contribution is 5.81. The summed E-state index contributed by atoms with van der Waals surface area (Å²) in [5, 5.41) is 3.04. The summed E-state index contributed by atoms with van der Waals surface area (Å²) in [5.41, 5.74) is 2.89. The predicted octanol–water partition coefficient (Wildman–Crippen LogP) is 1.94. The summed E-state index contributed by atoms with van der Waals surface area (Å²) in [5.74, 6) is 0.0799. The highest BCUT2D eigenvalue weighted by Crippen LogP contribution is 2.24. The van der Waals surface area contributed by atoms with E-state index < -0.39 is 0 Å². The second-order valence-electron chi connectivity index (χ2n) is 7.55. The Morgan fingerprint density at radius 2 is 2.15 bits per heavy atom. The van der Waals surface area contributed by atoms with Gasteiger partial charge in [0.05, 0.1) is 12.1 Å². The number of anilines is 1.